The van der Waals surface area contributed by atoms with E-state index in [-0.39, 0.29) is 35.7 Å². The normalized spacial score (nSPS) is 19.4. The largest absolute Gasteiger partial charge is 0.507 e. The zero-order valence-electron chi connectivity index (χ0n) is 19.2. The Morgan fingerprint density at radius 2 is 1.76 bits per heavy atom. The van der Waals surface area contributed by atoms with Crippen molar-refractivity contribution in [3.05, 3.63) is 28.8 Å². The maximum absolute atomic E-state index is 12.6. The predicted octanol–water partition coefficient (Wildman–Crippen LogP) is 2.05. The zero-order chi connectivity index (χ0) is 24.7. The van der Waals surface area contributed by atoms with E-state index in [0.717, 1.165) is 12.8 Å². The van der Waals surface area contributed by atoms with Gasteiger partial charge in [-0.15, -0.1) is 0 Å². The second kappa shape index (κ2) is 11.6. The maximum Gasteiger partial charge on any atom is 0.305 e. The summed E-state index contributed by atoms with van der Waals surface area (Å²) in [4.78, 5) is 59.5. The summed E-state index contributed by atoms with van der Waals surface area (Å²) in [7, 11) is 0. The Balaban J connectivity index is 1.89. The van der Waals surface area contributed by atoms with Gasteiger partial charge in [-0.3, -0.25) is 19.2 Å². The summed E-state index contributed by atoms with van der Waals surface area (Å²) in [5, 5.41) is 23.9. The molecular weight excluding hydrogens is 428 g/mol. The maximum atomic E-state index is 12.6. The fourth-order valence-corrected chi connectivity index (χ4v) is 4.33. The van der Waals surface area contributed by atoms with Crippen LogP contribution in [-0.4, -0.2) is 52.1 Å². The molecule has 4 N–H and O–H groups in total. The Morgan fingerprint density at radius 1 is 1.12 bits per heavy atom. The van der Waals surface area contributed by atoms with Crippen LogP contribution in [0.4, 0.5) is 0 Å². The van der Waals surface area contributed by atoms with Gasteiger partial charge in [-0.25, -0.2) is 0 Å². The number of hydrogen-bond acceptors (Lipinski definition) is 6. The molecule has 2 rings (SSSR count). The SMILES string of the molecule is Cc1cc(C(=O)NC(C)C(=O)CCC2CCCC2C(=O)NC(C=O)CC(=O)O)cc(C)c1O. The minimum Gasteiger partial charge on any atom is -0.507 e. The molecule has 1 aliphatic carbocycles. The van der Waals surface area contributed by atoms with Crippen molar-refractivity contribution in [3.63, 3.8) is 0 Å². The van der Waals surface area contributed by atoms with E-state index in [4.69, 9.17) is 5.11 Å². The second-order valence-corrected chi connectivity index (χ2v) is 8.81. The number of carbonyl (C=O) groups is 5. The first kappa shape index (κ1) is 26.0. The summed E-state index contributed by atoms with van der Waals surface area (Å²) < 4.78 is 0. The van der Waals surface area contributed by atoms with Crippen LogP contribution in [-0.2, 0) is 19.2 Å². The molecule has 0 spiro atoms. The van der Waals surface area contributed by atoms with Gasteiger partial charge in [0.15, 0.2) is 5.78 Å². The Bertz CT molecular complexity index is 904. The van der Waals surface area contributed by atoms with E-state index in [1.807, 2.05) is 0 Å². The molecular formula is C24H32N2O7. The van der Waals surface area contributed by atoms with E-state index < -0.39 is 30.4 Å². The molecule has 180 valence electrons. The number of aromatic hydroxyl groups is 1. The molecule has 1 aliphatic rings. The van der Waals surface area contributed by atoms with Gasteiger partial charge in [-0.2, -0.15) is 0 Å². The van der Waals surface area contributed by atoms with Crippen LogP contribution < -0.4 is 10.6 Å². The molecule has 4 atom stereocenters. The molecule has 0 radical (unpaired) electrons. The standard InChI is InChI=1S/C24H32N2O7/c1-13-9-17(10-14(2)22(13)31)23(32)25-15(3)20(28)8-7-16-5-4-6-19(16)24(33)26-18(12-27)11-21(29)30/h9-10,12,15-16,18-19,31H,4-8,11H2,1-3H3,(H,25,32)(H,26,33)(H,29,30). The molecule has 2 amide bonds. The van der Waals surface area contributed by atoms with Gasteiger partial charge in [0.1, 0.15) is 12.0 Å². The number of carboxylic acid groups (broad SMARTS) is 1. The van der Waals surface area contributed by atoms with Crippen LogP contribution in [0, 0.1) is 25.7 Å². The number of aliphatic carboxylic acids is 1. The van der Waals surface area contributed by atoms with Crippen LogP contribution in [0.5, 0.6) is 5.75 Å². The lowest BCUT2D eigenvalue weighted by Crippen LogP contribution is -2.42. The van der Waals surface area contributed by atoms with E-state index in [2.05, 4.69) is 10.6 Å². The number of carbonyl (C=O) groups excluding carboxylic acids is 4. The smallest absolute Gasteiger partial charge is 0.305 e. The number of aldehydes is 1. The van der Waals surface area contributed by atoms with Crippen molar-refractivity contribution in [2.24, 2.45) is 11.8 Å². The number of benzene rings is 1. The molecule has 1 aromatic carbocycles. The van der Waals surface area contributed by atoms with Gasteiger partial charge in [0, 0.05) is 17.9 Å². The van der Waals surface area contributed by atoms with Gasteiger partial charge in [-0.05, 0) is 69.2 Å². The van der Waals surface area contributed by atoms with E-state index in [0.29, 0.717) is 35.8 Å². The molecule has 1 aromatic rings. The molecule has 1 fully saturated rings. The summed E-state index contributed by atoms with van der Waals surface area (Å²) in [6, 6.07) is 1.34. The van der Waals surface area contributed by atoms with Crippen molar-refractivity contribution < 1.29 is 34.2 Å². The highest BCUT2D eigenvalue weighted by molar-refractivity contribution is 5.98. The Morgan fingerprint density at radius 3 is 2.33 bits per heavy atom. The third kappa shape index (κ3) is 7.13. The molecule has 0 aliphatic heterocycles. The minimum absolute atomic E-state index is 0.0450. The quantitative estimate of drug-likeness (QED) is 0.369. The van der Waals surface area contributed by atoms with Gasteiger partial charge in [0.25, 0.3) is 5.91 Å². The van der Waals surface area contributed by atoms with Crippen LogP contribution in [0.25, 0.3) is 0 Å². The highest BCUT2D eigenvalue weighted by Crippen LogP contribution is 2.35. The number of nitrogens with one attached hydrogen (secondary N) is 2. The molecule has 0 bridgehead atoms. The lowest BCUT2D eigenvalue weighted by Gasteiger charge is -2.21. The molecule has 33 heavy (non-hydrogen) atoms. The Labute approximate surface area is 192 Å². The van der Waals surface area contributed by atoms with E-state index in [1.165, 1.54) is 0 Å². The summed E-state index contributed by atoms with van der Waals surface area (Å²) in [5.41, 5.74) is 1.51. The first-order valence-corrected chi connectivity index (χ1v) is 11.1. The van der Waals surface area contributed by atoms with Crippen LogP contribution >= 0.6 is 0 Å². The number of rotatable bonds is 11. The highest BCUT2D eigenvalue weighted by atomic mass is 16.4. The Hall–Kier alpha value is -3.23. The average molecular weight is 461 g/mol. The summed E-state index contributed by atoms with van der Waals surface area (Å²) in [5.74, 6) is -2.37. The summed E-state index contributed by atoms with van der Waals surface area (Å²) in [6.45, 7) is 5.00. The van der Waals surface area contributed by atoms with Gasteiger partial charge < -0.3 is 25.6 Å². The predicted molar refractivity (Wildman–Crippen MR) is 120 cm³/mol. The molecule has 9 heteroatoms. The number of aryl methyl sites for hydroxylation is 2. The Kier molecular flexibility index (Phi) is 9.13. The van der Waals surface area contributed by atoms with E-state index in [9.17, 15) is 29.1 Å². The van der Waals surface area contributed by atoms with Gasteiger partial charge in [-0.1, -0.05) is 6.42 Å². The van der Waals surface area contributed by atoms with Crippen molar-refractivity contribution in [3.8, 4) is 5.75 Å². The van der Waals surface area contributed by atoms with E-state index >= 15 is 0 Å². The number of ketones is 1. The molecule has 0 saturated heterocycles. The van der Waals surface area contributed by atoms with Crippen LogP contribution in [0.2, 0.25) is 0 Å². The lowest BCUT2D eigenvalue weighted by molar-refractivity contribution is -0.139. The van der Waals surface area contributed by atoms with Gasteiger partial charge in [0.05, 0.1) is 18.5 Å². The summed E-state index contributed by atoms with van der Waals surface area (Å²) in [6.07, 6.45) is 2.81. The highest BCUT2D eigenvalue weighted by Gasteiger charge is 2.34. The van der Waals surface area contributed by atoms with Crippen molar-refractivity contribution in [1.29, 1.82) is 0 Å². The molecule has 9 nitrogen and oxygen atoms in total. The topological polar surface area (TPSA) is 150 Å². The molecule has 0 heterocycles. The van der Waals surface area contributed by atoms with Crippen molar-refractivity contribution in [2.45, 2.75) is 71.4 Å². The third-order valence-corrected chi connectivity index (χ3v) is 6.23. The van der Waals surface area contributed by atoms with Crippen LogP contribution in [0.1, 0.15) is 66.9 Å². The third-order valence-electron chi connectivity index (χ3n) is 6.23. The van der Waals surface area contributed by atoms with Crippen molar-refractivity contribution in [2.75, 3.05) is 0 Å². The number of phenols is 1. The minimum atomic E-state index is -1.17. The lowest BCUT2D eigenvalue weighted by atomic mass is 9.89. The van der Waals surface area contributed by atoms with E-state index in [1.54, 1.807) is 32.9 Å². The molecule has 0 aromatic heterocycles. The van der Waals surface area contributed by atoms with Crippen LogP contribution in [0.15, 0.2) is 12.1 Å². The fourth-order valence-electron chi connectivity index (χ4n) is 4.33. The summed E-state index contributed by atoms with van der Waals surface area (Å²) >= 11 is 0. The van der Waals surface area contributed by atoms with Gasteiger partial charge in [0.2, 0.25) is 5.91 Å². The first-order valence-electron chi connectivity index (χ1n) is 11.1. The second-order valence-electron chi connectivity index (χ2n) is 8.81. The van der Waals surface area contributed by atoms with Crippen LogP contribution in [0.3, 0.4) is 0 Å². The van der Waals surface area contributed by atoms with Crippen molar-refractivity contribution in [1.82, 2.24) is 10.6 Å². The number of carboxylic acids is 1. The molecule has 1 saturated carbocycles. The number of Topliss-reactive ketones (excluding diaryl/α,β-unsaturated/α-hetero) is 1. The van der Waals surface area contributed by atoms with Crippen molar-refractivity contribution >= 4 is 29.9 Å². The first-order chi connectivity index (χ1) is 15.5. The zero-order valence-corrected chi connectivity index (χ0v) is 19.2. The fraction of sp³-hybridized carbons (Fsp3) is 0.542. The number of amides is 2. The number of hydrogen-bond donors (Lipinski definition) is 4. The van der Waals surface area contributed by atoms with Gasteiger partial charge >= 0.3 is 5.97 Å². The monoisotopic (exact) mass is 460 g/mol. The molecule has 4 unspecified atom stereocenters. The number of phenolic OH excluding ortho intramolecular Hbond substituents is 1. The average Bonchev–Trinajstić information content (AvgIpc) is 3.23.